The average Bonchev–Trinajstić information content (AvgIpc) is 2.86. The van der Waals surface area contributed by atoms with Crippen LogP contribution in [0.5, 0.6) is 5.75 Å². The number of benzene rings is 2. The van der Waals surface area contributed by atoms with E-state index in [1.54, 1.807) is 57.0 Å². The number of nitrogens with one attached hydrogen (secondary N) is 2. The van der Waals surface area contributed by atoms with Gasteiger partial charge in [-0.3, -0.25) is 9.59 Å². The first-order valence-corrected chi connectivity index (χ1v) is 13.9. The van der Waals surface area contributed by atoms with Crippen LogP contribution in [-0.4, -0.2) is 47.1 Å². The smallest absolute Gasteiger partial charge is 0.408 e. The molecule has 8 heteroatoms. The van der Waals surface area contributed by atoms with Crippen LogP contribution in [0.15, 0.2) is 42.5 Å². The van der Waals surface area contributed by atoms with Crippen LogP contribution in [0.25, 0.3) is 0 Å². The van der Waals surface area contributed by atoms with Gasteiger partial charge < -0.3 is 25.0 Å². The summed E-state index contributed by atoms with van der Waals surface area (Å²) in [5, 5.41) is 5.78. The number of amides is 3. The standard InChI is InChI=1S/C32H47N3O5/c1-12-32(9,10)35(29(37)26(20(2)3)34-30(38)40-31(6,7)8)27(23-14-13-21(4)22(5)19-23)28(36)33-24-15-17-25(39-11)18-16-24/h13-20,26-27H,12H2,1-11H3,(H,33,36)(H,34,38). The van der Waals surface area contributed by atoms with Gasteiger partial charge in [-0.05, 0) is 102 Å². The van der Waals surface area contributed by atoms with Gasteiger partial charge >= 0.3 is 6.09 Å². The van der Waals surface area contributed by atoms with E-state index in [4.69, 9.17) is 9.47 Å². The third-order valence-electron chi connectivity index (χ3n) is 7.07. The number of hydrogen-bond acceptors (Lipinski definition) is 5. The minimum absolute atomic E-state index is 0.264. The zero-order chi connectivity index (χ0) is 30.4. The lowest BCUT2D eigenvalue weighted by molar-refractivity contribution is -0.148. The Balaban J connectivity index is 2.65. The molecule has 0 bridgehead atoms. The number of alkyl carbamates (subject to hydrolysis) is 1. The van der Waals surface area contributed by atoms with E-state index in [9.17, 15) is 14.4 Å². The topological polar surface area (TPSA) is 97.0 Å². The van der Waals surface area contributed by atoms with E-state index >= 15 is 0 Å². The predicted octanol–water partition coefficient (Wildman–Crippen LogP) is 6.56. The maximum Gasteiger partial charge on any atom is 0.408 e. The van der Waals surface area contributed by atoms with Crippen LogP contribution in [0, 0.1) is 19.8 Å². The zero-order valence-electron chi connectivity index (χ0n) is 26.0. The third-order valence-corrected chi connectivity index (χ3v) is 7.07. The fraction of sp³-hybridized carbons (Fsp3) is 0.531. The van der Waals surface area contributed by atoms with E-state index in [1.807, 2.05) is 66.7 Å². The summed E-state index contributed by atoms with van der Waals surface area (Å²) in [6.45, 7) is 18.9. The van der Waals surface area contributed by atoms with Crippen molar-refractivity contribution in [3.63, 3.8) is 0 Å². The van der Waals surface area contributed by atoms with Crippen LogP contribution < -0.4 is 15.4 Å². The highest BCUT2D eigenvalue weighted by atomic mass is 16.6. The Hall–Kier alpha value is -3.55. The van der Waals surface area contributed by atoms with E-state index in [0.29, 0.717) is 23.4 Å². The Morgan fingerprint density at radius 2 is 1.52 bits per heavy atom. The number of methoxy groups -OCH3 is 1. The van der Waals surface area contributed by atoms with Crippen molar-refractivity contribution in [3.8, 4) is 5.75 Å². The highest BCUT2D eigenvalue weighted by Crippen LogP contribution is 2.34. The lowest BCUT2D eigenvalue weighted by Gasteiger charge is -2.45. The Labute approximate surface area is 239 Å². The second kappa shape index (κ2) is 13.2. The van der Waals surface area contributed by atoms with E-state index < -0.39 is 29.3 Å². The van der Waals surface area contributed by atoms with Crippen LogP contribution in [0.1, 0.15) is 84.5 Å². The molecule has 0 spiro atoms. The molecule has 0 aliphatic heterocycles. The van der Waals surface area contributed by atoms with Crippen molar-refractivity contribution in [2.45, 2.75) is 98.9 Å². The molecule has 2 aromatic carbocycles. The van der Waals surface area contributed by atoms with Crippen LogP contribution in [0.3, 0.4) is 0 Å². The number of anilines is 1. The summed E-state index contributed by atoms with van der Waals surface area (Å²) in [6, 6.07) is 11.0. The molecule has 2 aromatic rings. The average molecular weight is 554 g/mol. The summed E-state index contributed by atoms with van der Waals surface area (Å²) in [4.78, 5) is 43.0. The molecule has 40 heavy (non-hydrogen) atoms. The Morgan fingerprint density at radius 3 is 2.00 bits per heavy atom. The Bertz CT molecular complexity index is 1180. The molecule has 0 fully saturated rings. The molecule has 0 aliphatic rings. The number of ether oxygens (including phenoxy) is 2. The molecule has 0 radical (unpaired) electrons. The van der Waals surface area contributed by atoms with Crippen LogP contribution in [0.4, 0.5) is 10.5 Å². The van der Waals surface area contributed by atoms with E-state index in [2.05, 4.69) is 10.6 Å². The quantitative estimate of drug-likeness (QED) is 0.347. The largest absolute Gasteiger partial charge is 0.497 e. The highest BCUT2D eigenvalue weighted by Gasteiger charge is 2.44. The van der Waals surface area contributed by atoms with Gasteiger partial charge in [-0.25, -0.2) is 4.79 Å². The van der Waals surface area contributed by atoms with Gasteiger partial charge in [0, 0.05) is 11.2 Å². The third kappa shape index (κ3) is 8.47. The number of aryl methyl sites for hydroxylation is 2. The zero-order valence-corrected chi connectivity index (χ0v) is 26.0. The van der Waals surface area contributed by atoms with Gasteiger partial charge in [-0.2, -0.15) is 0 Å². The van der Waals surface area contributed by atoms with Crippen molar-refractivity contribution in [1.82, 2.24) is 10.2 Å². The molecule has 0 saturated heterocycles. The molecule has 220 valence electrons. The molecule has 0 saturated carbocycles. The maximum atomic E-state index is 14.5. The lowest BCUT2D eigenvalue weighted by Crippen LogP contribution is -2.60. The van der Waals surface area contributed by atoms with Crippen molar-refractivity contribution in [3.05, 3.63) is 59.2 Å². The van der Waals surface area contributed by atoms with Crippen molar-refractivity contribution in [1.29, 1.82) is 0 Å². The summed E-state index contributed by atoms with van der Waals surface area (Å²) in [5.74, 6) is -0.315. The first-order chi connectivity index (χ1) is 18.5. The molecule has 2 rings (SSSR count). The van der Waals surface area contributed by atoms with E-state index in [1.165, 1.54) is 0 Å². The molecule has 0 aromatic heterocycles. The first-order valence-electron chi connectivity index (χ1n) is 13.9. The number of rotatable bonds is 10. The predicted molar refractivity (Wildman–Crippen MR) is 159 cm³/mol. The highest BCUT2D eigenvalue weighted by molar-refractivity contribution is 5.99. The van der Waals surface area contributed by atoms with Gasteiger partial charge in [0.05, 0.1) is 7.11 Å². The van der Waals surface area contributed by atoms with Gasteiger partial charge in [0.25, 0.3) is 5.91 Å². The Kier molecular flexibility index (Phi) is 10.8. The van der Waals surface area contributed by atoms with Crippen LogP contribution >= 0.6 is 0 Å². The van der Waals surface area contributed by atoms with Crippen molar-refractivity contribution in [2.24, 2.45) is 5.92 Å². The normalized spacial score (nSPS) is 13.3. The number of nitrogens with zero attached hydrogens (tertiary/aromatic N) is 1. The summed E-state index contributed by atoms with van der Waals surface area (Å²) in [7, 11) is 1.58. The van der Waals surface area contributed by atoms with Gasteiger partial charge in [0.1, 0.15) is 23.4 Å². The second-order valence-corrected chi connectivity index (χ2v) is 12.2. The minimum Gasteiger partial charge on any atom is -0.497 e. The van der Waals surface area contributed by atoms with E-state index in [-0.39, 0.29) is 17.7 Å². The van der Waals surface area contributed by atoms with Gasteiger partial charge in [-0.1, -0.05) is 39.0 Å². The number of carbonyl (C=O) groups excluding carboxylic acids is 3. The maximum absolute atomic E-state index is 14.5. The van der Waals surface area contributed by atoms with Crippen molar-refractivity contribution in [2.75, 3.05) is 12.4 Å². The molecule has 2 atom stereocenters. The number of hydrogen-bond donors (Lipinski definition) is 2. The fourth-order valence-corrected chi connectivity index (χ4v) is 4.28. The molecule has 0 heterocycles. The molecule has 2 N–H and O–H groups in total. The van der Waals surface area contributed by atoms with E-state index in [0.717, 1.165) is 11.1 Å². The van der Waals surface area contributed by atoms with Crippen molar-refractivity contribution >= 4 is 23.6 Å². The van der Waals surface area contributed by atoms with Crippen LogP contribution in [-0.2, 0) is 14.3 Å². The molecule has 0 aliphatic carbocycles. The fourth-order valence-electron chi connectivity index (χ4n) is 4.28. The molecular formula is C32H47N3O5. The molecule has 3 amide bonds. The molecule has 8 nitrogen and oxygen atoms in total. The van der Waals surface area contributed by atoms with Gasteiger partial charge in [-0.15, -0.1) is 0 Å². The lowest BCUT2D eigenvalue weighted by atomic mass is 9.89. The number of carbonyl (C=O) groups is 3. The van der Waals surface area contributed by atoms with Crippen LogP contribution in [0.2, 0.25) is 0 Å². The minimum atomic E-state index is -0.967. The van der Waals surface area contributed by atoms with Gasteiger partial charge in [0.2, 0.25) is 5.91 Å². The SMILES string of the molecule is CCC(C)(C)N(C(=O)C(NC(=O)OC(C)(C)C)C(C)C)C(C(=O)Nc1ccc(OC)cc1)c1ccc(C)c(C)c1. The summed E-state index contributed by atoms with van der Waals surface area (Å²) in [6.07, 6.45) is -0.105. The van der Waals surface area contributed by atoms with Gasteiger partial charge in [0.15, 0.2) is 0 Å². The summed E-state index contributed by atoms with van der Waals surface area (Å²) >= 11 is 0. The summed E-state index contributed by atoms with van der Waals surface area (Å²) in [5.41, 5.74) is 1.89. The summed E-state index contributed by atoms with van der Waals surface area (Å²) < 4.78 is 10.7. The second-order valence-electron chi connectivity index (χ2n) is 12.2. The monoisotopic (exact) mass is 553 g/mol. The Morgan fingerprint density at radius 1 is 0.925 bits per heavy atom. The molecular weight excluding hydrogens is 506 g/mol. The van der Waals surface area contributed by atoms with Crippen molar-refractivity contribution < 1.29 is 23.9 Å². The molecule has 2 unspecified atom stereocenters. The first kappa shape index (κ1) is 32.7.